The maximum atomic E-state index is 12.6. The Kier molecular flexibility index (Phi) is 12.5. The fourth-order valence-corrected chi connectivity index (χ4v) is 2.91. The Morgan fingerprint density at radius 1 is 0.735 bits per heavy atom. The number of carbonyl (C=O) groups is 6. The number of hydrogen-bond acceptors (Lipinski definition) is 8. The minimum absolute atomic E-state index is 0.0104. The number of carbonyl (C=O) groups excluding carboxylic acids is 6. The van der Waals surface area contributed by atoms with Crippen LogP contribution in [0.25, 0.3) is 0 Å². The molecule has 1 rings (SSSR count). The average molecular weight is 513 g/mol. The van der Waals surface area contributed by atoms with Crippen molar-refractivity contribution in [2.24, 2.45) is 11.5 Å². The molecule has 0 saturated carbocycles. The van der Waals surface area contributed by atoms with Gasteiger partial charge in [0.05, 0.1) is 11.5 Å². The molecule has 34 heavy (non-hydrogen) atoms. The van der Waals surface area contributed by atoms with E-state index in [9.17, 15) is 28.8 Å². The van der Waals surface area contributed by atoms with Crippen LogP contribution in [0.3, 0.4) is 0 Å². The SMILES string of the molecule is NC(=O)CC[C@H](NC(=O)CS)C(=O)Nc1cccc(NC(=O)[C@H](CCC(N)=O)NC(=O)CS)c1. The summed E-state index contributed by atoms with van der Waals surface area (Å²) in [5.41, 5.74) is 10.8. The maximum Gasteiger partial charge on any atom is 0.246 e. The topological polar surface area (TPSA) is 203 Å². The van der Waals surface area contributed by atoms with Crippen molar-refractivity contribution in [1.29, 1.82) is 0 Å². The van der Waals surface area contributed by atoms with Crippen molar-refractivity contribution in [1.82, 2.24) is 10.6 Å². The number of rotatable bonds is 14. The van der Waals surface area contributed by atoms with E-state index in [0.29, 0.717) is 11.4 Å². The molecule has 1 aromatic carbocycles. The van der Waals surface area contributed by atoms with E-state index in [1.54, 1.807) is 18.2 Å². The molecular formula is C20H28N6O6S2. The van der Waals surface area contributed by atoms with E-state index in [2.05, 4.69) is 46.5 Å². The highest BCUT2D eigenvalue weighted by Gasteiger charge is 2.23. The fraction of sp³-hybridized carbons (Fsp3) is 0.400. The first-order valence-electron chi connectivity index (χ1n) is 10.1. The van der Waals surface area contributed by atoms with Crippen LogP contribution in [0.15, 0.2) is 24.3 Å². The summed E-state index contributed by atoms with van der Waals surface area (Å²) in [6, 6.07) is 4.05. The van der Waals surface area contributed by atoms with Crippen molar-refractivity contribution in [2.45, 2.75) is 37.8 Å². The number of amides is 6. The van der Waals surface area contributed by atoms with Crippen molar-refractivity contribution in [2.75, 3.05) is 22.1 Å². The first-order valence-corrected chi connectivity index (χ1v) is 11.4. The lowest BCUT2D eigenvalue weighted by Gasteiger charge is -2.19. The van der Waals surface area contributed by atoms with Crippen LogP contribution in [0, 0.1) is 0 Å². The van der Waals surface area contributed by atoms with Crippen LogP contribution < -0.4 is 32.7 Å². The van der Waals surface area contributed by atoms with Gasteiger partial charge in [0.15, 0.2) is 0 Å². The molecule has 0 unspecified atom stereocenters. The zero-order chi connectivity index (χ0) is 25.7. The van der Waals surface area contributed by atoms with E-state index < -0.39 is 47.5 Å². The van der Waals surface area contributed by atoms with E-state index in [-0.39, 0.29) is 37.2 Å². The molecule has 6 amide bonds. The second kappa shape index (κ2) is 14.8. The van der Waals surface area contributed by atoms with Crippen LogP contribution in [0.5, 0.6) is 0 Å². The Balaban J connectivity index is 2.91. The largest absolute Gasteiger partial charge is 0.370 e. The molecule has 0 aliphatic rings. The second-order valence-corrected chi connectivity index (χ2v) is 7.76. The van der Waals surface area contributed by atoms with Crippen molar-refractivity contribution in [3.05, 3.63) is 24.3 Å². The fourth-order valence-electron chi connectivity index (χ4n) is 2.72. The van der Waals surface area contributed by atoms with Gasteiger partial charge in [0, 0.05) is 24.2 Å². The molecule has 0 aliphatic heterocycles. The zero-order valence-electron chi connectivity index (χ0n) is 18.2. The van der Waals surface area contributed by atoms with Crippen LogP contribution >= 0.6 is 25.3 Å². The number of primary amides is 2. The monoisotopic (exact) mass is 512 g/mol. The average Bonchev–Trinajstić information content (AvgIpc) is 2.78. The van der Waals surface area contributed by atoms with Crippen molar-refractivity contribution in [3.63, 3.8) is 0 Å². The van der Waals surface area contributed by atoms with Crippen molar-refractivity contribution < 1.29 is 28.8 Å². The Labute approximate surface area is 207 Å². The number of nitrogens with one attached hydrogen (secondary N) is 4. The van der Waals surface area contributed by atoms with Crippen LogP contribution in [0.2, 0.25) is 0 Å². The van der Waals surface area contributed by atoms with Crippen molar-refractivity contribution in [3.8, 4) is 0 Å². The lowest BCUT2D eigenvalue weighted by Crippen LogP contribution is -2.45. The van der Waals surface area contributed by atoms with Gasteiger partial charge in [0.1, 0.15) is 12.1 Å². The highest BCUT2D eigenvalue weighted by Crippen LogP contribution is 2.17. The second-order valence-electron chi connectivity index (χ2n) is 7.13. The van der Waals surface area contributed by atoms with E-state index >= 15 is 0 Å². The first kappa shape index (κ1) is 28.8. The minimum Gasteiger partial charge on any atom is -0.370 e. The molecule has 0 bridgehead atoms. The maximum absolute atomic E-state index is 12.6. The molecule has 0 heterocycles. The molecule has 0 fully saturated rings. The minimum atomic E-state index is -1.03. The summed E-state index contributed by atoms with van der Waals surface area (Å²) in [6.07, 6.45) is -0.259. The molecule has 14 heteroatoms. The molecule has 2 atom stereocenters. The van der Waals surface area contributed by atoms with E-state index in [1.165, 1.54) is 6.07 Å². The quantitative estimate of drug-likeness (QED) is 0.146. The number of benzene rings is 1. The molecule has 0 radical (unpaired) electrons. The molecular weight excluding hydrogens is 484 g/mol. The predicted molar refractivity (Wildman–Crippen MR) is 132 cm³/mol. The molecule has 8 N–H and O–H groups in total. The molecule has 1 aromatic rings. The third kappa shape index (κ3) is 11.0. The summed E-state index contributed by atoms with van der Waals surface area (Å²) in [5, 5.41) is 10.1. The number of hydrogen-bond donors (Lipinski definition) is 8. The number of nitrogens with two attached hydrogens (primary N) is 2. The van der Waals surface area contributed by atoms with Gasteiger partial charge in [-0.1, -0.05) is 6.07 Å². The predicted octanol–water partition coefficient (Wildman–Crippen LogP) is -1.08. The van der Waals surface area contributed by atoms with Gasteiger partial charge in [-0.15, -0.1) is 0 Å². The number of anilines is 2. The standard InChI is InChI=1S/C20H28N6O6S2/c21-15(27)6-4-13(25-17(29)9-33)19(31)23-11-2-1-3-12(8-11)24-20(32)14(5-7-16(22)28)26-18(30)10-34/h1-3,8,13-14,33-34H,4-7,9-10H2,(H2,21,27)(H2,22,28)(H,23,31)(H,24,32)(H,25,29)(H,26,30)/t13-,14-/m0/s1. The van der Waals surface area contributed by atoms with Gasteiger partial charge < -0.3 is 32.7 Å². The highest BCUT2D eigenvalue weighted by atomic mass is 32.1. The lowest BCUT2D eigenvalue weighted by molar-refractivity contribution is -0.125. The van der Waals surface area contributed by atoms with Crippen molar-refractivity contribution >= 4 is 72.1 Å². The Morgan fingerprint density at radius 3 is 1.44 bits per heavy atom. The van der Waals surface area contributed by atoms with Gasteiger partial charge in [-0.05, 0) is 31.0 Å². The Bertz CT molecular complexity index is 859. The van der Waals surface area contributed by atoms with Gasteiger partial charge in [-0.3, -0.25) is 28.8 Å². The van der Waals surface area contributed by atoms with Gasteiger partial charge >= 0.3 is 0 Å². The third-order valence-corrected chi connectivity index (χ3v) is 4.92. The molecule has 0 saturated heterocycles. The van der Waals surface area contributed by atoms with E-state index in [4.69, 9.17) is 11.5 Å². The molecule has 186 valence electrons. The summed E-state index contributed by atoms with van der Waals surface area (Å²) in [5.74, 6) is -3.75. The van der Waals surface area contributed by atoms with Crippen LogP contribution in [-0.4, -0.2) is 59.0 Å². The molecule has 0 spiro atoms. The van der Waals surface area contributed by atoms with Gasteiger partial charge in [0.25, 0.3) is 0 Å². The highest BCUT2D eigenvalue weighted by molar-refractivity contribution is 7.81. The van der Waals surface area contributed by atoms with Crippen LogP contribution in [0.1, 0.15) is 25.7 Å². The van der Waals surface area contributed by atoms with Crippen LogP contribution in [0.4, 0.5) is 11.4 Å². The number of thiol groups is 2. The Hall–Kier alpha value is -3.26. The van der Waals surface area contributed by atoms with Crippen LogP contribution in [-0.2, 0) is 28.8 Å². The third-order valence-electron chi connectivity index (χ3n) is 4.35. The van der Waals surface area contributed by atoms with Gasteiger partial charge in [-0.25, -0.2) is 0 Å². The molecule has 0 aliphatic carbocycles. The molecule has 12 nitrogen and oxygen atoms in total. The van der Waals surface area contributed by atoms with E-state index in [1.807, 2.05) is 0 Å². The molecule has 0 aromatic heterocycles. The Morgan fingerprint density at radius 2 is 1.12 bits per heavy atom. The lowest BCUT2D eigenvalue weighted by atomic mass is 10.1. The van der Waals surface area contributed by atoms with Gasteiger partial charge in [0.2, 0.25) is 35.4 Å². The summed E-state index contributed by atoms with van der Waals surface area (Å²) in [7, 11) is 0. The summed E-state index contributed by atoms with van der Waals surface area (Å²) < 4.78 is 0. The summed E-state index contributed by atoms with van der Waals surface area (Å²) in [6.45, 7) is 0. The smallest absolute Gasteiger partial charge is 0.246 e. The first-order chi connectivity index (χ1) is 16.0. The van der Waals surface area contributed by atoms with E-state index in [0.717, 1.165) is 0 Å². The summed E-state index contributed by atoms with van der Waals surface area (Å²) >= 11 is 7.70. The normalized spacial score (nSPS) is 12.1. The summed E-state index contributed by atoms with van der Waals surface area (Å²) in [4.78, 5) is 70.7. The van der Waals surface area contributed by atoms with Gasteiger partial charge in [-0.2, -0.15) is 25.3 Å². The zero-order valence-corrected chi connectivity index (χ0v) is 20.0.